The molecule has 0 aliphatic rings. The molecular weight excluding hydrogens is 234 g/mol. The Morgan fingerprint density at radius 3 is 2.54 bits per heavy atom. The lowest BCUT2D eigenvalue weighted by atomic mass is 10.0. The second-order valence-electron chi connectivity index (χ2n) is 2.90. The third-order valence-corrected chi connectivity index (χ3v) is 3.06. The summed E-state index contributed by atoms with van der Waals surface area (Å²) in [5, 5.41) is 8.80. The molecule has 70 valence electrons. The second kappa shape index (κ2) is 3.38. The summed E-state index contributed by atoms with van der Waals surface area (Å²) >= 11 is 3.26. The van der Waals surface area contributed by atoms with Crippen molar-refractivity contribution in [3.05, 3.63) is 27.2 Å². The van der Waals surface area contributed by atoms with E-state index in [2.05, 4.69) is 15.9 Å². The Bertz CT molecular complexity index is 374. The Labute approximate surface area is 84.7 Å². The van der Waals surface area contributed by atoms with Gasteiger partial charge in [-0.1, -0.05) is 0 Å². The number of carbonyl (C=O) groups is 1. The zero-order valence-electron chi connectivity index (χ0n) is 7.39. The predicted octanol–water partition coefficient (Wildman–Crippen LogP) is 2.35. The van der Waals surface area contributed by atoms with Crippen LogP contribution in [0.5, 0.6) is 0 Å². The van der Waals surface area contributed by atoms with Gasteiger partial charge in [0.05, 0.1) is 11.3 Å². The van der Waals surface area contributed by atoms with Crippen LogP contribution >= 0.6 is 15.9 Å². The average Bonchev–Trinajstić information content (AvgIpc) is 2.07. The van der Waals surface area contributed by atoms with Crippen molar-refractivity contribution in [2.24, 2.45) is 0 Å². The Balaban J connectivity index is 3.50. The van der Waals surface area contributed by atoms with Crippen molar-refractivity contribution in [1.29, 1.82) is 0 Å². The van der Waals surface area contributed by atoms with Crippen LogP contribution in [0.2, 0.25) is 0 Å². The maximum atomic E-state index is 10.7. The summed E-state index contributed by atoms with van der Waals surface area (Å²) in [7, 11) is 0. The van der Waals surface area contributed by atoms with Gasteiger partial charge in [0.25, 0.3) is 0 Å². The zero-order chi connectivity index (χ0) is 10.2. The molecule has 0 aliphatic heterocycles. The molecule has 0 amide bonds. The van der Waals surface area contributed by atoms with Crippen molar-refractivity contribution in [2.45, 2.75) is 13.8 Å². The molecular formula is C9H10BrNO2. The number of benzene rings is 1. The van der Waals surface area contributed by atoms with Crippen molar-refractivity contribution in [3.8, 4) is 0 Å². The minimum absolute atomic E-state index is 0.148. The maximum Gasteiger partial charge on any atom is 0.337 e. The van der Waals surface area contributed by atoms with Gasteiger partial charge in [0.2, 0.25) is 0 Å². The van der Waals surface area contributed by atoms with Gasteiger partial charge in [-0.25, -0.2) is 4.79 Å². The number of anilines is 1. The molecule has 3 nitrogen and oxygen atoms in total. The quantitative estimate of drug-likeness (QED) is 0.745. The highest BCUT2D eigenvalue weighted by atomic mass is 79.9. The number of halogens is 1. The van der Waals surface area contributed by atoms with Gasteiger partial charge in [-0.2, -0.15) is 0 Å². The molecule has 0 aliphatic carbocycles. The molecule has 1 aromatic carbocycles. The van der Waals surface area contributed by atoms with Gasteiger partial charge in [0.15, 0.2) is 0 Å². The number of hydrogen-bond donors (Lipinski definition) is 2. The van der Waals surface area contributed by atoms with Crippen LogP contribution in [0.25, 0.3) is 0 Å². The molecule has 0 saturated heterocycles. The lowest BCUT2D eigenvalue weighted by Crippen LogP contribution is -2.05. The van der Waals surface area contributed by atoms with Crippen molar-refractivity contribution < 1.29 is 9.90 Å². The first-order chi connectivity index (χ1) is 5.95. The van der Waals surface area contributed by atoms with E-state index in [0.29, 0.717) is 4.47 Å². The Kier molecular flexibility index (Phi) is 2.61. The molecule has 0 heterocycles. The van der Waals surface area contributed by atoms with Crippen LogP contribution in [0.1, 0.15) is 21.5 Å². The molecule has 0 spiro atoms. The fraction of sp³-hybridized carbons (Fsp3) is 0.222. The van der Waals surface area contributed by atoms with Crippen LogP contribution in [-0.4, -0.2) is 11.1 Å². The van der Waals surface area contributed by atoms with Gasteiger partial charge in [0, 0.05) is 4.47 Å². The van der Waals surface area contributed by atoms with Crippen LogP contribution in [0.4, 0.5) is 5.69 Å². The lowest BCUT2D eigenvalue weighted by Gasteiger charge is -2.09. The first-order valence-corrected chi connectivity index (χ1v) is 4.53. The standard InChI is InChI=1S/C9H10BrNO2/c1-4-3-6(9(12)13)8(11)7(10)5(4)2/h3H,11H2,1-2H3,(H,12,13). The molecule has 0 radical (unpaired) electrons. The van der Waals surface area contributed by atoms with Gasteiger partial charge in [0.1, 0.15) is 0 Å². The molecule has 0 bridgehead atoms. The largest absolute Gasteiger partial charge is 0.478 e. The Morgan fingerprint density at radius 1 is 1.54 bits per heavy atom. The number of hydrogen-bond acceptors (Lipinski definition) is 2. The van der Waals surface area contributed by atoms with E-state index in [1.165, 1.54) is 0 Å². The third-order valence-electron chi connectivity index (χ3n) is 2.04. The van der Waals surface area contributed by atoms with Crippen molar-refractivity contribution >= 4 is 27.6 Å². The number of carboxylic acids is 1. The second-order valence-corrected chi connectivity index (χ2v) is 3.69. The summed E-state index contributed by atoms with van der Waals surface area (Å²) < 4.78 is 0.671. The number of carboxylic acid groups (broad SMARTS) is 1. The molecule has 0 saturated carbocycles. The van der Waals surface area contributed by atoms with E-state index in [0.717, 1.165) is 11.1 Å². The minimum Gasteiger partial charge on any atom is -0.478 e. The first-order valence-electron chi connectivity index (χ1n) is 3.73. The number of nitrogen functional groups attached to an aromatic ring is 1. The summed E-state index contributed by atoms with van der Waals surface area (Å²) in [6.45, 7) is 3.74. The molecule has 4 heteroatoms. The van der Waals surface area contributed by atoms with Crippen molar-refractivity contribution in [1.82, 2.24) is 0 Å². The highest BCUT2D eigenvalue weighted by Crippen LogP contribution is 2.29. The Morgan fingerprint density at radius 2 is 2.08 bits per heavy atom. The molecule has 0 atom stereocenters. The summed E-state index contributed by atoms with van der Waals surface area (Å²) in [5.74, 6) is -0.999. The van der Waals surface area contributed by atoms with Gasteiger partial charge in [-0.15, -0.1) is 0 Å². The van der Waals surface area contributed by atoms with E-state index in [1.54, 1.807) is 6.07 Å². The number of aryl methyl sites for hydroxylation is 1. The normalized spacial score (nSPS) is 10.1. The van der Waals surface area contributed by atoms with Gasteiger partial charge in [-0.05, 0) is 47.0 Å². The molecule has 3 N–H and O–H groups in total. The van der Waals surface area contributed by atoms with Crippen molar-refractivity contribution in [2.75, 3.05) is 5.73 Å². The van der Waals surface area contributed by atoms with Crippen LogP contribution in [0, 0.1) is 13.8 Å². The van der Waals surface area contributed by atoms with Crippen LogP contribution in [-0.2, 0) is 0 Å². The molecule has 13 heavy (non-hydrogen) atoms. The Hall–Kier alpha value is -1.03. The minimum atomic E-state index is -0.999. The zero-order valence-corrected chi connectivity index (χ0v) is 8.97. The summed E-state index contributed by atoms with van der Waals surface area (Å²) in [5.41, 5.74) is 7.95. The SMILES string of the molecule is Cc1cc(C(=O)O)c(N)c(Br)c1C. The maximum absolute atomic E-state index is 10.7. The molecule has 0 fully saturated rings. The monoisotopic (exact) mass is 243 g/mol. The van der Waals surface area contributed by atoms with E-state index in [9.17, 15) is 4.79 Å². The van der Waals surface area contributed by atoms with Gasteiger partial charge in [-0.3, -0.25) is 0 Å². The molecule has 1 rings (SSSR count). The topological polar surface area (TPSA) is 63.3 Å². The summed E-state index contributed by atoms with van der Waals surface area (Å²) in [4.78, 5) is 10.7. The van der Waals surface area contributed by atoms with Gasteiger partial charge >= 0.3 is 5.97 Å². The van der Waals surface area contributed by atoms with Gasteiger partial charge < -0.3 is 10.8 Å². The smallest absolute Gasteiger partial charge is 0.337 e. The molecule has 1 aromatic rings. The molecule has 0 aromatic heterocycles. The lowest BCUT2D eigenvalue weighted by molar-refractivity contribution is 0.0698. The highest BCUT2D eigenvalue weighted by molar-refractivity contribution is 9.10. The fourth-order valence-electron chi connectivity index (χ4n) is 1.07. The number of rotatable bonds is 1. The van der Waals surface area contributed by atoms with Crippen LogP contribution in [0.15, 0.2) is 10.5 Å². The first kappa shape index (κ1) is 10.1. The average molecular weight is 244 g/mol. The number of aromatic carboxylic acids is 1. The number of nitrogens with two attached hydrogens (primary N) is 1. The summed E-state index contributed by atoms with van der Waals surface area (Å²) in [6.07, 6.45) is 0. The molecule has 0 unspecified atom stereocenters. The third kappa shape index (κ3) is 1.67. The van der Waals surface area contributed by atoms with Crippen molar-refractivity contribution in [3.63, 3.8) is 0 Å². The van der Waals surface area contributed by atoms with E-state index in [-0.39, 0.29) is 11.3 Å². The highest BCUT2D eigenvalue weighted by Gasteiger charge is 2.13. The van der Waals surface area contributed by atoms with E-state index in [1.807, 2.05) is 13.8 Å². The van der Waals surface area contributed by atoms with E-state index in [4.69, 9.17) is 10.8 Å². The summed E-state index contributed by atoms with van der Waals surface area (Å²) in [6, 6.07) is 1.58. The predicted molar refractivity (Wildman–Crippen MR) is 55.0 cm³/mol. The van der Waals surface area contributed by atoms with E-state index < -0.39 is 5.97 Å². The van der Waals surface area contributed by atoms with Crippen LogP contribution in [0.3, 0.4) is 0 Å². The van der Waals surface area contributed by atoms with E-state index >= 15 is 0 Å². The van der Waals surface area contributed by atoms with Crippen LogP contribution < -0.4 is 5.73 Å². The fourth-order valence-corrected chi connectivity index (χ4v) is 1.60.